The van der Waals surface area contributed by atoms with E-state index in [1.54, 1.807) is 6.07 Å². The normalized spacial score (nSPS) is 11.0. The molecule has 0 amide bonds. The first-order valence-corrected chi connectivity index (χ1v) is 5.35. The lowest BCUT2D eigenvalue weighted by Crippen LogP contribution is -1.74. The van der Waals surface area contributed by atoms with Crippen LogP contribution in [0.4, 0.5) is 0 Å². The highest BCUT2D eigenvalue weighted by Gasteiger charge is 1.95. The van der Waals surface area contributed by atoms with Crippen molar-refractivity contribution >= 4 is 41.9 Å². The van der Waals surface area contributed by atoms with Gasteiger partial charge in [0.1, 0.15) is 0 Å². The van der Waals surface area contributed by atoms with Gasteiger partial charge in [0, 0.05) is 0 Å². The van der Waals surface area contributed by atoms with Crippen LogP contribution in [0.15, 0.2) is 24.3 Å². The zero-order valence-electron chi connectivity index (χ0n) is 7.00. The van der Waals surface area contributed by atoms with Crippen LogP contribution in [0.5, 0.6) is 0 Å². The van der Waals surface area contributed by atoms with Crippen molar-refractivity contribution < 1.29 is 0 Å². The molecule has 0 radical (unpaired) electrons. The predicted molar refractivity (Wildman–Crippen MR) is 64.0 cm³/mol. The molecule has 0 atom stereocenters. The topological polar surface area (TPSA) is 0 Å². The van der Waals surface area contributed by atoms with Gasteiger partial charge in [-0.3, -0.25) is 0 Å². The molecule has 0 saturated carbocycles. The smallest absolute Gasteiger partial charge is 0.0598 e. The summed E-state index contributed by atoms with van der Waals surface area (Å²) < 4.78 is 0. The first kappa shape index (κ1) is 11.0. The van der Waals surface area contributed by atoms with Crippen LogP contribution in [0.3, 0.4) is 0 Å². The van der Waals surface area contributed by atoms with E-state index < -0.39 is 0 Å². The Labute approximate surface area is 94.0 Å². The molecule has 0 aliphatic carbocycles. The lowest BCUT2D eigenvalue weighted by Gasteiger charge is -1.96. The monoisotopic (exact) mass is 232 g/mol. The Balaban J connectivity index is 2.73. The molecular weight excluding hydrogens is 223 g/mol. The van der Waals surface area contributed by atoms with Gasteiger partial charge in [-0.25, -0.2) is 0 Å². The maximum absolute atomic E-state index is 5.85. The summed E-state index contributed by atoms with van der Waals surface area (Å²) in [6.07, 6.45) is 5.04. The van der Waals surface area contributed by atoms with E-state index in [1.807, 2.05) is 18.2 Å². The summed E-state index contributed by atoms with van der Waals surface area (Å²) in [6.45, 7) is 0. The average molecular weight is 233 g/mol. The molecule has 1 rings (SSSR count). The standard InChI is InChI=1S/C10H10Cl2S/c11-9-5-4-8(7-10(9)12)3-1-2-6-13/h1,3-5,7,13H,2,6H2. The quantitative estimate of drug-likeness (QED) is 0.738. The van der Waals surface area contributed by atoms with Crippen LogP contribution >= 0.6 is 35.8 Å². The van der Waals surface area contributed by atoms with Crippen molar-refractivity contribution in [1.29, 1.82) is 0 Å². The number of allylic oxidation sites excluding steroid dienone is 1. The van der Waals surface area contributed by atoms with Gasteiger partial charge in [-0.15, -0.1) is 0 Å². The number of halogens is 2. The Kier molecular flexibility index (Phi) is 4.71. The minimum atomic E-state index is 0.591. The second-order valence-electron chi connectivity index (χ2n) is 2.59. The molecule has 0 bridgehead atoms. The maximum atomic E-state index is 5.85. The second kappa shape index (κ2) is 5.58. The minimum Gasteiger partial charge on any atom is -0.179 e. The lowest BCUT2D eigenvalue weighted by molar-refractivity contribution is 1.26. The summed E-state index contributed by atoms with van der Waals surface area (Å²) >= 11 is 15.7. The van der Waals surface area contributed by atoms with E-state index >= 15 is 0 Å². The van der Waals surface area contributed by atoms with Gasteiger partial charge in [0.05, 0.1) is 10.0 Å². The Morgan fingerprint density at radius 1 is 1.23 bits per heavy atom. The van der Waals surface area contributed by atoms with Crippen molar-refractivity contribution in [2.45, 2.75) is 6.42 Å². The van der Waals surface area contributed by atoms with Crippen LogP contribution in [-0.4, -0.2) is 5.75 Å². The highest BCUT2D eigenvalue weighted by Crippen LogP contribution is 2.23. The molecule has 0 aliphatic heterocycles. The van der Waals surface area contributed by atoms with Crippen molar-refractivity contribution in [2.24, 2.45) is 0 Å². The highest BCUT2D eigenvalue weighted by atomic mass is 35.5. The summed E-state index contributed by atoms with van der Waals surface area (Å²) in [7, 11) is 0. The number of benzene rings is 1. The van der Waals surface area contributed by atoms with E-state index in [-0.39, 0.29) is 0 Å². The summed E-state index contributed by atoms with van der Waals surface area (Å²) in [5, 5.41) is 1.18. The Morgan fingerprint density at radius 3 is 2.62 bits per heavy atom. The van der Waals surface area contributed by atoms with E-state index in [1.165, 1.54) is 0 Å². The Bertz CT molecular complexity index is 308. The summed E-state index contributed by atoms with van der Waals surface area (Å²) in [4.78, 5) is 0. The third kappa shape index (κ3) is 3.63. The van der Waals surface area contributed by atoms with Crippen LogP contribution in [0, 0.1) is 0 Å². The highest BCUT2D eigenvalue weighted by molar-refractivity contribution is 7.80. The molecule has 70 valence electrons. The SMILES string of the molecule is SCCC=Cc1ccc(Cl)c(Cl)c1. The van der Waals surface area contributed by atoms with E-state index in [9.17, 15) is 0 Å². The molecule has 0 aromatic heterocycles. The molecule has 0 N–H and O–H groups in total. The van der Waals surface area contributed by atoms with E-state index in [4.69, 9.17) is 23.2 Å². The van der Waals surface area contributed by atoms with Gasteiger partial charge in [0.2, 0.25) is 0 Å². The summed E-state index contributed by atoms with van der Waals surface area (Å²) in [5.74, 6) is 0.859. The molecule has 1 aromatic carbocycles. The molecule has 0 unspecified atom stereocenters. The molecule has 0 fully saturated rings. The van der Waals surface area contributed by atoms with Gasteiger partial charge >= 0.3 is 0 Å². The van der Waals surface area contributed by atoms with Crippen molar-refractivity contribution in [3.8, 4) is 0 Å². The largest absolute Gasteiger partial charge is 0.179 e. The van der Waals surface area contributed by atoms with Gasteiger partial charge in [0.15, 0.2) is 0 Å². The van der Waals surface area contributed by atoms with E-state index in [2.05, 4.69) is 18.7 Å². The van der Waals surface area contributed by atoms with Crippen LogP contribution in [0.2, 0.25) is 10.0 Å². The second-order valence-corrected chi connectivity index (χ2v) is 3.85. The molecule has 0 heterocycles. The minimum absolute atomic E-state index is 0.591. The number of thiol groups is 1. The number of hydrogen-bond acceptors (Lipinski definition) is 1. The summed E-state index contributed by atoms with van der Waals surface area (Å²) in [6, 6.07) is 5.58. The van der Waals surface area contributed by atoms with Gasteiger partial charge in [-0.1, -0.05) is 41.4 Å². The first-order chi connectivity index (χ1) is 6.24. The van der Waals surface area contributed by atoms with Crippen LogP contribution < -0.4 is 0 Å². The van der Waals surface area contributed by atoms with Crippen molar-refractivity contribution in [2.75, 3.05) is 5.75 Å². The van der Waals surface area contributed by atoms with Gasteiger partial charge in [-0.05, 0) is 29.9 Å². The molecule has 0 nitrogen and oxygen atoms in total. The molecule has 3 heteroatoms. The van der Waals surface area contributed by atoms with Crippen molar-refractivity contribution in [3.63, 3.8) is 0 Å². The van der Waals surface area contributed by atoms with Crippen molar-refractivity contribution in [1.82, 2.24) is 0 Å². The zero-order chi connectivity index (χ0) is 9.68. The van der Waals surface area contributed by atoms with Crippen LogP contribution in [-0.2, 0) is 0 Å². The maximum Gasteiger partial charge on any atom is 0.0598 e. The van der Waals surface area contributed by atoms with Crippen molar-refractivity contribution in [3.05, 3.63) is 39.9 Å². The fourth-order valence-electron chi connectivity index (χ4n) is 0.910. The third-order valence-corrected chi connectivity index (χ3v) is 2.55. The molecular formula is C10H10Cl2S. The lowest BCUT2D eigenvalue weighted by atomic mass is 10.2. The van der Waals surface area contributed by atoms with Crippen LogP contribution in [0.1, 0.15) is 12.0 Å². The van der Waals surface area contributed by atoms with E-state index in [0.29, 0.717) is 10.0 Å². The summed E-state index contributed by atoms with van der Waals surface area (Å²) in [5.41, 5.74) is 1.07. The fraction of sp³-hybridized carbons (Fsp3) is 0.200. The fourth-order valence-corrected chi connectivity index (χ4v) is 1.37. The van der Waals surface area contributed by atoms with Gasteiger partial charge in [-0.2, -0.15) is 12.6 Å². The van der Waals surface area contributed by atoms with Gasteiger partial charge in [0.25, 0.3) is 0 Å². The molecule has 1 aromatic rings. The number of hydrogen-bond donors (Lipinski definition) is 1. The number of rotatable bonds is 3. The van der Waals surface area contributed by atoms with Crippen LogP contribution in [0.25, 0.3) is 6.08 Å². The predicted octanol–water partition coefficient (Wildman–Crippen LogP) is 4.33. The molecule has 0 spiro atoms. The Hall–Kier alpha value is -0.110. The third-order valence-electron chi connectivity index (χ3n) is 1.55. The molecule has 13 heavy (non-hydrogen) atoms. The Morgan fingerprint density at radius 2 is 2.00 bits per heavy atom. The molecule has 0 saturated heterocycles. The van der Waals surface area contributed by atoms with E-state index in [0.717, 1.165) is 17.7 Å². The first-order valence-electron chi connectivity index (χ1n) is 3.96. The van der Waals surface area contributed by atoms with Gasteiger partial charge < -0.3 is 0 Å². The average Bonchev–Trinajstić information content (AvgIpc) is 2.12. The zero-order valence-corrected chi connectivity index (χ0v) is 9.41. The molecule has 0 aliphatic rings.